The summed E-state index contributed by atoms with van der Waals surface area (Å²) >= 11 is 0. The SMILES string of the molecule is NCCc1c[nH]c2c1C(=O)CCC2. The van der Waals surface area contributed by atoms with Gasteiger partial charge in [-0.05, 0) is 31.4 Å². The second-order valence-corrected chi connectivity index (χ2v) is 3.48. The van der Waals surface area contributed by atoms with Gasteiger partial charge in [-0.25, -0.2) is 0 Å². The molecule has 3 N–H and O–H groups in total. The molecule has 0 saturated carbocycles. The molecule has 1 heterocycles. The maximum Gasteiger partial charge on any atom is 0.164 e. The minimum absolute atomic E-state index is 0.283. The first-order valence-corrected chi connectivity index (χ1v) is 4.75. The summed E-state index contributed by atoms with van der Waals surface area (Å²) in [6, 6.07) is 0. The Morgan fingerprint density at radius 2 is 2.31 bits per heavy atom. The van der Waals surface area contributed by atoms with Crippen LogP contribution in [0, 0.1) is 0 Å². The van der Waals surface area contributed by atoms with Gasteiger partial charge in [0.25, 0.3) is 0 Å². The Kier molecular flexibility index (Phi) is 2.19. The Hall–Kier alpha value is -1.09. The normalized spacial score (nSPS) is 15.9. The summed E-state index contributed by atoms with van der Waals surface area (Å²) in [5.41, 5.74) is 8.61. The fraction of sp³-hybridized carbons (Fsp3) is 0.500. The smallest absolute Gasteiger partial charge is 0.164 e. The Morgan fingerprint density at radius 1 is 1.46 bits per heavy atom. The zero-order valence-electron chi connectivity index (χ0n) is 7.60. The third kappa shape index (κ3) is 1.40. The number of aryl methyl sites for hydroxylation is 1. The maximum atomic E-state index is 11.6. The molecule has 1 aliphatic rings. The molecule has 3 nitrogen and oxygen atoms in total. The number of nitrogens with two attached hydrogens (primary N) is 1. The first-order valence-electron chi connectivity index (χ1n) is 4.75. The first kappa shape index (κ1) is 8.51. The van der Waals surface area contributed by atoms with Gasteiger partial charge in [-0.3, -0.25) is 4.79 Å². The molecule has 0 saturated heterocycles. The van der Waals surface area contributed by atoms with Gasteiger partial charge in [-0.1, -0.05) is 0 Å². The van der Waals surface area contributed by atoms with E-state index in [0.717, 1.165) is 36.1 Å². The molecule has 0 aromatic carbocycles. The number of H-pyrrole nitrogens is 1. The zero-order valence-corrected chi connectivity index (χ0v) is 7.60. The fourth-order valence-electron chi connectivity index (χ4n) is 1.96. The molecule has 0 spiro atoms. The highest BCUT2D eigenvalue weighted by Crippen LogP contribution is 2.23. The second-order valence-electron chi connectivity index (χ2n) is 3.48. The Bertz CT molecular complexity index is 328. The Morgan fingerprint density at radius 3 is 3.08 bits per heavy atom. The number of nitrogens with one attached hydrogen (secondary N) is 1. The van der Waals surface area contributed by atoms with E-state index in [1.165, 1.54) is 0 Å². The molecule has 0 atom stereocenters. The van der Waals surface area contributed by atoms with Crippen LogP contribution in [0.4, 0.5) is 0 Å². The van der Waals surface area contributed by atoms with Crippen molar-refractivity contribution in [1.29, 1.82) is 0 Å². The lowest BCUT2D eigenvalue weighted by molar-refractivity contribution is 0.0971. The minimum Gasteiger partial charge on any atom is -0.364 e. The molecular formula is C10H14N2O. The van der Waals surface area contributed by atoms with E-state index in [0.29, 0.717) is 13.0 Å². The van der Waals surface area contributed by atoms with Crippen molar-refractivity contribution in [3.63, 3.8) is 0 Å². The number of carbonyl (C=O) groups is 1. The second kappa shape index (κ2) is 3.34. The molecule has 1 aromatic rings. The van der Waals surface area contributed by atoms with E-state index in [1.54, 1.807) is 0 Å². The van der Waals surface area contributed by atoms with E-state index in [4.69, 9.17) is 5.73 Å². The van der Waals surface area contributed by atoms with Crippen LogP contribution in [0.2, 0.25) is 0 Å². The molecule has 3 heteroatoms. The lowest BCUT2D eigenvalue weighted by Gasteiger charge is -2.11. The average Bonchev–Trinajstić information content (AvgIpc) is 2.51. The largest absolute Gasteiger partial charge is 0.364 e. The summed E-state index contributed by atoms with van der Waals surface area (Å²) in [6.45, 7) is 0.609. The third-order valence-corrected chi connectivity index (χ3v) is 2.57. The number of fused-ring (bicyclic) bond motifs is 1. The number of rotatable bonds is 2. The standard InChI is InChI=1S/C10H14N2O/c11-5-4-7-6-12-8-2-1-3-9(13)10(7)8/h6,12H,1-5,11H2. The van der Waals surface area contributed by atoms with Gasteiger partial charge in [-0.2, -0.15) is 0 Å². The molecule has 1 aromatic heterocycles. The number of hydrogen-bond donors (Lipinski definition) is 2. The van der Waals surface area contributed by atoms with Crippen LogP contribution in [0.3, 0.4) is 0 Å². The molecule has 0 fully saturated rings. The number of hydrogen-bond acceptors (Lipinski definition) is 2. The van der Waals surface area contributed by atoms with E-state index in [1.807, 2.05) is 6.20 Å². The first-order chi connectivity index (χ1) is 6.33. The van der Waals surface area contributed by atoms with Crippen molar-refractivity contribution in [2.24, 2.45) is 5.73 Å². The number of carbonyl (C=O) groups excluding carboxylic acids is 1. The summed E-state index contributed by atoms with van der Waals surface area (Å²) in [7, 11) is 0. The highest BCUT2D eigenvalue weighted by molar-refractivity contribution is 5.99. The van der Waals surface area contributed by atoms with E-state index < -0.39 is 0 Å². The van der Waals surface area contributed by atoms with Gasteiger partial charge >= 0.3 is 0 Å². The van der Waals surface area contributed by atoms with Crippen LogP contribution >= 0.6 is 0 Å². The molecule has 0 radical (unpaired) electrons. The fourth-order valence-corrected chi connectivity index (χ4v) is 1.96. The molecule has 13 heavy (non-hydrogen) atoms. The van der Waals surface area contributed by atoms with Gasteiger partial charge in [0, 0.05) is 23.9 Å². The number of ketones is 1. The van der Waals surface area contributed by atoms with Crippen LogP contribution < -0.4 is 5.73 Å². The lowest BCUT2D eigenvalue weighted by atomic mass is 9.93. The van der Waals surface area contributed by atoms with Gasteiger partial charge in [0.2, 0.25) is 0 Å². The predicted octanol–water partition coefficient (Wildman–Crippen LogP) is 1.03. The van der Waals surface area contributed by atoms with Crippen molar-refractivity contribution in [2.75, 3.05) is 6.54 Å². The quantitative estimate of drug-likeness (QED) is 0.710. The van der Waals surface area contributed by atoms with E-state index in [-0.39, 0.29) is 5.78 Å². The van der Waals surface area contributed by atoms with Crippen LogP contribution in [-0.2, 0) is 12.8 Å². The molecule has 0 bridgehead atoms. The minimum atomic E-state index is 0.283. The van der Waals surface area contributed by atoms with Crippen molar-refractivity contribution in [3.8, 4) is 0 Å². The summed E-state index contributed by atoms with van der Waals surface area (Å²) in [4.78, 5) is 14.7. The van der Waals surface area contributed by atoms with Crippen molar-refractivity contribution in [2.45, 2.75) is 25.7 Å². The van der Waals surface area contributed by atoms with Gasteiger partial charge in [-0.15, -0.1) is 0 Å². The topological polar surface area (TPSA) is 58.9 Å². The van der Waals surface area contributed by atoms with Crippen LogP contribution in [0.25, 0.3) is 0 Å². The third-order valence-electron chi connectivity index (χ3n) is 2.57. The molecule has 1 aliphatic carbocycles. The van der Waals surface area contributed by atoms with Gasteiger partial charge in [0.1, 0.15) is 0 Å². The van der Waals surface area contributed by atoms with Crippen molar-refractivity contribution in [1.82, 2.24) is 4.98 Å². The van der Waals surface area contributed by atoms with Crippen LogP contribution in [0.1, 0.15) is 34.5 Å². The highest BCUT2D eigenvalue weighted by atomic mass is 16.1. The molecular weight excluding hydrogens is 164 g/mol. The summed E-state index contributed by atoms with van der Waals surface area (Å²) in [5, 5.41) is 0. The molecule has 2 rings (SSSR count). The summed E-state index contributed by atoms with van der Waals surface area (Å²) in [6.07, 6.45) is 5.42. The predicted molar refractivity (Wildman–Crippen MR) is 50.8 cm³/mol. The van der Waals surface area contributed by atoms with Crippen molar-refractivity contribution >= 4 is 5.78 Å². The van der Waals surface area contributed by atoms with Crippen molar-refractivity contribution < 1.29 is 4.79 Å². The number of aromatic amines is 1. The molecule has 0 aliphatic heterocycles. The van der Waals surface area contributed by atoms with Crippen LogP contribution in [-0.4, -0.2) is 17.3 Å². The van der Waals surface area contributed by atoms with Gasteiger partial charge in [0.05, 0.1) is 0 Å². The van der Waals surface area contributed by atoms with E-state index in [9.17, 15) is 4.79 Å². The maximum absolute atomic E-state index is 11.6. The Balaban J connectivity index is 2.38. The molecule has 0 unspecified atom stereocenters. The van der Waals surface area contributed by atoms with Crippen molar-refractivity contribution in [3.05, 3.63) is 23.0 Å². The monoisotopic (exact) mass is 178 g/mol. The van der Waals surface area contributed by atoms with Crippen LogP contribution in [0.5, 0.6) is 0 Å². The van der Waals surface area contributed by atoms with E-state index in [2.05, 4.69) is 4.98 Å². The summed E-state index contributed by atoms with van der Waals surface area (Å²) in [5.74, 6) is 0.283. The number of Topliss-reactive ketones (excluding diaryl/α,β-unsaturated/α-hetero) is 1. The lowest BCUT2D eigenvalue weighted by Crippen LogP contribution is -2.12. The Labute approximate surface area is 77.3 Å². The van der Waals surface area contributed by atoms with Crippen LogP contribution in [0.15, 0.2) is 6.20 Å². The van der Waals surface area contributed by atoms with Gasteiger partial charge in [0.15, 0.2) is 5.78 Å². The highest BCUT2D eigenvalue weighted by Gasteiger charge is 2.21. The average molecular weight is 178 g/mol. The zero-order chi connectivity index (χ0) is 9.26. The summed E-state index contributed by atoms with van der Waals surface area (Å²) < 4.78 is 0. The number of aromatic nitrogens is 1. The van der Waals surface area contributed by atoms with E-state index >= 15 is 0 Å². The van der Waals surface area contributed by atoms with Gasteiger partial charge < -0.3 is 10.7 Å². The molecule has 70 valence electrons. The molecule has 0 amide bonds.